The molecule has 0 fully saturated rings. The lowest BCUT2D eigenvalue weighted by molar-refractivity contribution is 0.669. The molecule has 5 heterocycles. The first kappa shape index (κ1) is 28.4. The second-order valence-electron chi connectivity index (χ2n) is 13.6. The highest BCUT2D eigenvalue weighted by atomic mass is 16.3. The molecule has 7 aromatic carbocycles. The third-order valence-corrected chi connectivity index (χ3v) is 10.7. The van der Waals surface area contributed by atoms with E-state index in [9.17, 15) is 0 Å². The molecule has 0 amide bonds. The third kappa shape index (κ3) is 3.94. The maximum absolute atomic E-state index is 6.29. The van der Waals surface area contributed by atoms with E-state index in [0.717, 1.165) is 105 Å². The topological polar surface area (TPSA) is 61.2 Å². The van der Waals surface area contributed by atoms with Gasteiger partial charge in [-0.15, -0.1) is 0 Å². The van der Waals surface area contributed by atoms with Gasteiger partial charge in [0.25, 0.3) is 0 Å². The normalized spacial score (nSPS) is 12.2. The van der Waals surface area contributed by atoms with Crippen LogP contribution in [0.4, 0.5) is 0 Å². The first-order chi connectivity index (χ1) is 26.3. The van der Waals surface area contributed by atoms with Crippen molar-refractivity contribution in [2.24, 2.45) is 0 Å². The number of aromatic nitrogens is 5. The molecule has 0 aliphatic heterocycles. The van der Waals surface area contributed by atoms with Crippen LogP contribution in [0.15, 0.2) is 168 Å². The average molecular weight is 678 g/mol. The predicted molar refractivity (Wildman–Crippen MR) is 216 cm³/mol. The van der Waals surface area contributed by atoms with Gasteiger partial charge < -0.3 is 4.42 Å². The number of fused-ring (bicyclic) bond motifs is 14. The molecular weight excluding hydrogens is 651 g/mol. The van der Waals surface area contributed by atoms with Gasteiger partial charge in [0.05, 0.1) is 22.2 Å². The van der Waals surface area contributed by atoms with Gasteiger partial charge >= 0.3 is 0 Å². The average Bonchev–Trinajstić information content (AvgIpc) is 3.90. The lowest BCUT2D eigenvalue weighted by Crippen LogP contribution is -2.05. The van der Waals surface area contributed by atoms with Crippen LogP contribution in [0, 0.1) is 0 Å². The largest absolute Gasteiger partial charge is 0.456 e. The summed E-state index contributed by atoms with van der Waals surface area (Å²) >= 11 is 0. The van der Waals surface area contributed by atoms with Crippen LogP contribution < -0.4 is 0 Å². The molecule has 0 bridgehead atoms. The van der Waals surface area contributed by atoms with E-state index in [1.807, 2.05) is 30.3 Å². The van der Waals surface area contributed by atoms with E-state index in [0.29, 0.717) is 5.95 Å². The summed E-state index contributed by atoms with van der Waals surface area (Å²) in [4.78, 5) is 16.0. The molecule has 5 aromatic heterocycles. The zero-order valence-electron chi connectivity index (χ0n) is 28.2. The number of hydrogen-bond acceptors (Lipinski definition) is 4. The monoisotopic (exact) mass is 677 g/mol. The standard InChI is InChI=1S/C47H27N5O/c1-2-13-28(14-3-1)43-33-17-6-9-21-37(33)48-47(50-43)52-38-22-10-7-18-34(38)44-46(52)51-39-26-25-29(27-36(39)31-15-4-5-16-32(31)45(51)49-44)30-20-12-24-41-42(30)35-19-8-11-23-40(35)53-41/h1-27H. The Balaban J connectivity index is 1.22. The van der Waals surface area contributed by atoms with Crippen LogP contribution in [0.5, 0.6) is 0 Å². The van der Waals surface area contributed by atoms with Crippen LogP contribution in [0.1, 0.15) is 0 Å². The molecule has 0 spiro atoms. The second kappa shape index (κ2) is 10.6. The van der Waals surface area contributed by atoms with Gasteiger partial charge in [0.15, 0.2) is 5.65 Å². The molecule has 6 nitrogen and oxygen atoms in total. The summed E-state index contributed by atoms with van der Waals surface area (Å²) in [5.74, 6) is 0.604. The van der Waals surface area contributed by atoms with Gasteiger partial charge in [-0.25, -0.2) is 15.0 Å². The van der Waals surface area contributed by atoms with Gasteiger partial charge in [0.2, 0.25) is 5.95 Å². The molecule has 0 N–H and O–H groups in total. The van der Waals surface area contributed by atoms with Crippen molar-refractivity contribution in [3.63, 3.8) is 0 Å². The van der Waals surface area contributed by atoms with Crippen molar-refractivity contribution in [1.82, 2.24) is 23.9 Å². The Bertz CT molecular complexity index is 3460. The van der Waals surface area contributed by atoms with Crippen LogP contribution in [0.2, 0.25) is 0 Å². The van der Waals surface area contributed by atoms with E-state index < -0.39 is 0 Å². The molecule has 0 aliphatic rings. The lowest BCUT2D eigenvalue weighted by atomic mass is 9.96. The molecule has 0 saturated heterocycles. The van der Waals surface area contributed by atoms with E-state index in [4.69, 9.17) is 19.4 Å². The maximum atomic E-state index is 6.29. The number of nitrogens with zero attached hydrogens (tertiary/aromatic N) is 5. The summed E-state index contributed by atoms with van der Waals surface area (Å²) in [6, 6.07) is 57.1. The fraction of sp³-hybridized carbons (Fsp3) is 0. The van der Waals surface area contributed by atoms with Gasteiger partial charge in [-0.2, -0.15) is 0 Å². The first-order valence-electron chi connectivity index (χ1n) is 17.8. The predicted octanol–water partition coefficient (Wildman–Crippen LogP) is 11.9. The quantitative estimate of drug-likeness (QED) is 0.175. The van der Waals surface area contributed by atoms with Crippen molar-refractivity contribution in [3.8, 4) is 28.3 Å². The van der Waals surface area contributed by atoms with Gasteiger partial charge in [-0.1, -0.05) is 127 Å². The number of furan rings is 1. The SMILES string of the molecule is c1ccc(-c2nc(-n3c4ccccc4c4nc5c6ccccc6c6cc(-c7cccc8oc9ccccc9c78)ccc6n5c43)nc3ccccc23)cc1. The Morgan fingerprint density at radius 3 is 2.06 bits per heavy atom. The third-order valence-electron chi connectivity index (χ3n) is 10.7. The summed E-state index contributed by atoms with van der Waals surface area (Å²) < 4.78 is 10.8. The molecule has 53 heavy (non-hydrogen) atoms. The molecule has 0 aliphatic carbocycles. The molecular formula is C47H27N5O. The van der Waals surface area contributed by atoms with Crippen LogP contribution in [-0.2, 0) is 0 Å². The molecule has 12 aromatic rings. The highest BCUT2D eigenvalue weighted by molar-refractivity contribution is 6.18. The van der Waals surface area contributed by atoms with E-state index in [2.05, 4.69) is 142 Å². The van der Waals surface area contributed by atoms with Crippen molar-refractivity contribution in [3.05, 3.63) is 164 Å². The van der Waals surface area contributed by atoms with Crippen LogP contribution >= 0.6 is 0 Å². The summed E-state index contributed by atoms with van der Waals surface area (Å²) in [6.07, 6.45) is 0. The molecule has 0 unspecified atom stereocenters. The fourth-order valence-corrected chi connectivity index (χ4v) is 8.42. The van der Waals surface area contributed by atoms with Crippen LogP contribution in [0.3, 0.4) is 0 Å². The molecule has 0 saturated carbocycles. The molecule has 12 rings (SSSR count). The minimum atomic E-state index is 0.604. The molecule has 0 atom stereocenters. The second-order valence-corrected chi connectivity index (χ2v) is 13.6. The van der Waals surface area contributed by atoms with E-state index in [-0.39, 0.29) is 0 Å². The van der Waals surface area contributed by atoms with Crippen LogP contribution in [0.25, 0.3) is 111 Å². The highest BCUT2D eigenvalue weighted by Gasteiger charge is 2.24. The van der Waals surface area contributed by atoms with E-state index in [1.54, 1.807) is 0 Å². The number of rotatable bonds is 3. The van der Waals surface area contributed by atoms with E-state index >= 15 is 0 Å². The molecule has 246 valence electrons. The minimum absolute atomic E-state index is 0.604. The Labute approximate surface area is 301 Å². The van der Waals surface area contributed by atoms with Crippen molar-refractivity contribution in [1.29, 1.82) is 0 Å². The Morgan fingerprint density at radius 2 is 1.17 bits per heavy atom. The summed E-state index contributed by atoms with van der Waals surface area (Å²) in [7, 11) is 0. The number of para-hydroxylation sites is 3. The number of pyridine rings is 1. The highest BCUT2D eigenvalue weighted by Crippen LogP contribution is 2.41. The van der Waals surface area contributed by atoms with Crippen molar-refractivity contribution in [2.75, 3.05) is 0 Å². The van der Waals surface area contributed by atoms with Gasteiger partial charge in [-0.05, 0) is 52.9 Å². The number of hydrogen-bond donors (Lipinski definition) is 0. The Kier molecular flexibility index (Phi) is 5.68. The minimum Gasteiger partial charge on any atom is -0.456 e. The smallest absolute Gasteiger partial charge is 0.237 e. The lowest BCUT2D eigenvalue weighted by Gasteiger charge is -2.14. The Morgan fingerprint density at radius 1 is 0.453 bits per heavy atom. The number of imidazole rings is 1. The zero-order chi connectivity index (χ0) is 34.6. The van der Waals surface area contributed by atoms with Gasteiger partial charge in [-0.3, -0.25) is 8.97 Å². The summed E-state index contributed by atoms with van der Waals surface area (Å²) in [5, 5.41) is 7.67. The molecule has 0 radical (unpaired) electrons. The van der Waals surface area contributed by atoms with Gasteiger partial charge in [0, 0.05) is 37.9 Å². The zero-order valence-corrected chi connectivity index (χ0v) is 28.2. The van der Waals surface area contributed by atoms with Gasteiger partial charge in [0.1, 0.15) is 22.3 Å². The fourth-order valence-electron chi connectivity index (χ4n) is 8.42. The van der Waals surface area contributed by atoms with Crippen molar-refractivity contribution in [2.45, 2.75) is 0 Å². The van der Waals surface area contributed by atoms with E-state index in [1.165, 1.54) is 0 Å². The first-order valence-corrected chi connectivity index (χ1v) is 17.8. The Hall–Kier alpha value is -7.31. The summed E-state index contributed by atoms with van der Waals surface area (Å²) in [6.45, 7) is 0. The maximum Gasteiger partial charge on any atom is 0.237 e. The summed E-state index contributed by atoms with van der Waals surface area (Å²) in [5.41, 5.74) is 11.7. The van der Waals surface area contributed by atoms with Crippen molar-refractivity contribution >= 4 is 82.2 Å². The van der Waals surface area contributed by atoms with Crippen molar-refractivity contribution < 1.29 is 4.42 Å². The van der Waals surface area contributed by atoms with Crippen LogP contribution in [-0.4, -0.2) is 23.9 Å². The number of benzene rings is 7. The molecule has 6 heteroatoms.